The molecule has 0 spiro atoms. The van der Waals surface area contributed by atoms with Crippen LogP contribution in [0.4, 0.5) is 0 Å². The van der Waals surface area contributed by atoms with Crippen LogP contribution in [0.3, 0.4) is 0 Å². The van der Waals surface area contributed by atoms with Gasteiger partial charge in [0.25, 0.3) is 0 Å². The van der Waals surface area contributed by atoms with Gasteiger partial charge < -0.3 is 4.74 Å². The van der Waals surface area contributed by atoms with Gasteiger partial charge in [-0.15, -0.1) is 0 Å². The quantitative estimate of drug-likeness (QED) is 0.746. The Labute approximate surface area is 112 Å². The van der Waals surface area contributed by atoms with E-state index in [1.54, 1.807) is 11.1 Å². The van der Waals surface area contributed by atoms with Crippen molar-refractivity contribution in [2.24, 2.45) is 5.92 Å². The second-order valence-corrected chi connectivity index (χ2v) is 6.08. The fourth-order valence-electron chi connectivity index (χ4n) is 3.11. The van der Waals surface area contributed by atoms with Crippen molar-refractivity contribution in [2.45, 2.75) is 52.4 Å². The van der Waals surface area contributed by atoms with Crippen molar-refractivity contribution >= 4 is 0 Å². The minimum atomic E-state index is 0.613. The van der Waals surface area contributed by atoms with E-state index in [0.717, 1.165) is 26.1 Å². The van der Waals surface area contributed by atoms with Crippen LogP contribution in [0.2, 0.25) is 0 Å². The summed E-state index contributed by atoms with van der Waals surface area (Å²) in [6, 6.07) is 6.83. The van der Waals surface area contributed by atoms with Crippen molar-refractivity contribution in [3.8, 4) is 0 Å². The van der Waals surface area contributed by atoms with Gasteiger partial charge in [0.15, 0.2) is 0 Å². The molecule has 100 valence electrons. The zero-order valence-electron chi connectivity index (χ0n) is 12.2. The lowest BCUT2D eigenvalue weighted by Crippen LogP contribution is -2.19. The Balaban J connectivity index is 2.51. The van der Waals surface area contributed by atoms with E-state index in [4.69, 9.17) is 4.74 Å². The van der Waals surface area contributed by atoms with E-state index in [1.165, 1.54) is 5.56 Å². The number of hydrogen-bond acceptors (Lipinski definition) is 1. The van der Waals surface area contributed by atoms with E-state index < -0.39 is 0 Å². The third kappa shape index (κ3) is 2.77. The number of benzene rings is 1. The summed E-state index contributed by atoms with van der Waals surface area (Å²) in [4.78, 5) is 0. The van der Waals surface area contributed by atoms with Crippen LogP contribution in [-0.4, -0.2) is 13.2 Å². The second-order valence-electron chi connectivity index (χ2n) is 6.08. The first-order chi connectivity index (χ1) is 8.61. The molecule has 1 heterocycles. The predicted molar refractivity (Wildman–Crippen MR) is 77.3 cm³/mol. The first-order valence-corrected chi connectivity index (χ1v) is 7.30. The fourth-order valence-corrected chi connectivity index (χ4v) is 3.11. The largest absolute Gasteiger partial charge is 0.381 e. The van der Waals surface area contributed by atoms with Gasteiger partial charge in [0.2, 0.25) is 0 Å². The van der Waals surface area contributed by atoms with Gasteiger partial charge in [0, 0.05) is 6.61 Å². The van der Waals surface area contributed by atoms with E-state index in [9.17, 15) is 0 Å². The van der Waals surface area contributed by atoms with Gasteiger partial charge in [-0.3, -0.25) is 0 Å². The summed E-state index contributed by atoms with van der Waals surface area (Å²) in [6.07, 6.45) is 2.23. The molecular weight excluding hydrogens is 220 g/mol. The summed E-state index contributed by atoms with van der Waals surface area (Å²) >= 11 is 0. The number of hydrogen-bond donors (Lipinski definition) is 0. The van der Waals surface area contributed by atoms with Crippen LogP contribution in [0.25, 0.3) is 0 Å². The van der Waals surface area contributed by atoms with Crippen molar-refractivity contribution in [3.05, 3.63) is 34.9 Å². The minimum Gasteiger partial charge on any atom is -0.381 e. The van der Waals surface area contributed by atoms with E-state index >= 15 is 0 Å². The third-order valence-electron chi connectivity index (χ3n) is 4.12. The highest BCUT2D eigenvalue weighted by molar-refractivity contribution is 5.40. The van der Waals surface area contributed by atoms with E-state index in [-0.39, 0.29) is 0 Å². The number of fused-ring (bicyclic) bond motifs is 1. The van der Waals surface area contributed by atoms with Gasteiger partial charge in [0.05, 0.1) is 6.61 Å². The van der Waals surface area contributed by atoms with Gasteiger partial charge in [-0.2, -0.15) is 0 Å². The first-order valence-electron chi connectivity index (χ1n) is 7.30. The molecule has 1 nitrogen and oxygen atoms in total. The molecule has 1 aromatic rings. The monoisotopic (exact) mass is 246 g/mol. The second kappa shape index (κ2) is 5.88. The molecule has 0 bridgehead atoms. The lowest BCUT2D eigenvalue weighted by Gasteiger charge is -2.30. The molecule has 1 aliphatic rings. The molecule has 1 heteroatoms. The zero-order chi connectivity index (χ0) is 13.1. The molecule has 0 saturated heterocycles. The average molecular weight is 246 g/mol. The lowest BCUT2D eigenvalue weighted by atomic mass is 9.77. The Morgan fingerprint density at radius 1 is 1.11 bits per heavy atom. The Hall–Kier alpha value is -0.820. The molecule has 0 saturated carbocycles. The summed E-state index contributed by atoms with van der Waals surface area (Å²) in [5.74, 6) is 1.95. The molecule has 1 atom stereocenters. The molecule has 1 unspecified atom stereocenters. The van der Waals surface area contributed by atoms with Crippen LogP contribution in [-0.2, 0) is 11.2 Å². The molecule has 1 aromatic carbocycles. The van der Waals surface area contributed by atoms with Crippen LogP contribution in [0.15, 0.2) is 18.2 Å². The number of rotatable bonds is 2. The smallest absolute Gasteiger partial charge is 0.0506 e. The van der Waals surface area contributed by atoms with Crippen LogP contribution < -0.4 is 0 Å². The predicted octanol–water partition coefficient (Wildman–Crippen LogP) is 4.51. The van der Waals surface area contributed by atoms with Crippen molar-refractivity contribution in [2.75, 3.05) is 13.2 Å². The van der Waals surface area contributed by atoms with Crippen molar-refractivity contribution in [1.82, 2.24) is 0 Å². The maximum Gasteiger partial charge on any atom is 0.0506 e. The van der Waals surface area contributed by atoms with Gasteiger partial charge >= 0.3 is 0 Å². The van der Waals surface area contributed by atoms with Gasteiger partial charge in [0.1, 0.15) is 0 Å². The Morgan fingerprint density at radius 3 is 2.56 bits per heavy atom. The molecule has 18 heavy (non-hydrogen) atoms. The normalized spacial score (nSPS) is 20.7. The van der Waals surface area contributed by atoms with Crippen molar-refractivity contribution in [3.63, 3.8) is 0 Å². The van der Waals surface area contributed by atoms with Crippen LogP contribution in [0.1, 0.15) is 62.6 Å². The van der Waals surface area contributed by atoms with Gasteiger partial charge in [-0.05, 0) is 47.3 Å². The molecule has 0 aliphatic carbocycles. The standard InChI is InChI=1S/C17H26O/c1-12(2)15-7-5-6-14-8-10-18-11-9-16(13(3)4)17(14)15/h5-7,12-13,16H,8-11H2,1-4H3. The minimum absolute atomic E-state index is 0.613. The van der Waals surface area contributed by atoms with Crippen LogP contribution in [0.5, 0.6) is 0 Å². The molecule has 0 fully saturated rings. The summed E-state index contributed by atoms with van der Waals surface area (Å²) in [5, 5.41) is 0. The highest BCUT2D eigenvalue weighted by atomic mass is 16.5. The van der Waals surface area contributed by atoms with Gasteiger partial charge in [-0.25, -0.2) is 0 Å². The SMILES string of the molecule is CC(C)c1cccc2c1C(C(C)C)CCOCC2. The summed E-state index contributed by atoms with van der Waals surface area (Å²) < 4.78 is 5.71. The first kappa shape index (κ1) is 13.6. The Morgan fingerprint density at radius 2 is 1.89 bits per heavy atom. The molecule has 0 aromatic heterocycles. The van der Waals surface area contributed by atoms with Gasteiger partial charge in [-0.1, -0.05) is 45.9 Å². The maximum atomic E-state index is 5.71. The Bertz CT molecular complexity index is 393. The highest BCUT2D eigenvalue weighted by Gasteiger charge is 2.24. The van der Waals surface area contributed by atoms with Crippen LogP contribution >= 0.6 is 0 Å². The molecular formula is C17H26O. The molecule has 0 N–H and O–H groups in total. The zero-order valence-corrected chi connectivity index (χ0v) is 12.2. The topological polar surface area (TPSA) is 9.23 Å². The van der Waals surface area contributed by atoms with E-state index in [1.807, 2.05) is 0 Å². The lowest BCUT2D eigenvalue weighted by molar-refractivity contribution is 0.120. The highest BCUT2D eigenvalue weighted by Crippen LogP contribution is 2.37. The molecule has 0 radical (unpaired) electrons. The molecule has 0 amide bonds. The van der Waals surface area contributed by atoms with Crippen LogP contribution in [0, 0.1) is 5.92 Å². The molecule has 1 aliphatic heterocycles. The summed E-state index contributed by atoms with van der Waals surface area (Å²) in [7, 11) is 0. The van der Waals surface area contributed by atoms with Crippen molar-refractivity contribution in [1.29, 1.82) is 0 Å². The van der Waals surface area contributed by atoms with E-state index in [0.29, 0.717) is 17.8 Å². The molecule has 2 rings (SSSR count). The van der Waals surface area contributed by atoms with E-state index in [2.05, 4.69) is 45.9 Å². The van der Waals surface area contributed by atoms with Crippen molar-refractivity contribution < 1.29 is 4.74 Å². The summed E-state index contributed by atoms with van der Waals surface area (Å²) in [5.41, 5.74) is 4.69. The fraction of sp³-hybridized carbons (Fsp3) is 0.647. The maximum absolute atomic E-state index is 5.71. The average Bonchev–Trinajstić information content (AvgIpc) is 2.28. The third-order valence-corrected chi connectivity index (χ3v) is 4.12. The number of ether oxygens (including phenoxy) is 1. The Kier molecular flexibility index (Phi) is 4.45. The summed E-state index contributed by atoms with van der Waals surface area (Å²) in [6.45, 7) is 11.1.